The van der Waals surface area contributed by atoms with Crippen LogP contribution in [0, 0.1) is 0 Å². The van der Waals surface area contributed by atoms with Gasteiger partial charge in [0.2, 0.25) is 11.8 Å². The minimum Gasteiger partial charge on any atom is -0.357 e. The van der Waals surface area contributed by atoms with E-state index in [1.165, 1.54) is 0 Å². The number of carbonyl (C=O) groups excluding carboxylic acids is 2. The van der Waals surface area contributed by atoms with E-state index in [0.29, 0.717) is 12.5 Å². The maximum Gasteiger partial charge on any atom is 0.246 e. The number of benzene rings is 1. The van der Waals surface area contributed by atoms with Gasteiger partial charge in [0, 0.05) is 17.8 Å². The first-order valence-corrected chi connectivity index (χ1v) is 7.98. The van der Waals surface area contributed by atoms with Gasteiger partial charge in [0.1, 0.15) is 6.54 Å². The van der Waals surface area contributed by atoms with Crippen LogP contribution in [0.5, 0.6) is 0 Å². The van der Waals surface area contributed by atoms with Crippen molar-refractivity contribution in [2.24, 2.45) is 4.99 Å². The second kappa shape index (κ2) is 9.54. The fraction of sp³-hybridized carbons (Fsp3) is 0.471. The lowest BCUT2D eigenvalue weighted by molar-refractivity contribution is -0.121. The molecule has 1 aromatic rings. The maximum absolute atomic E-state index is 11.9. The quantitative estimate of drug-likeness (QED) is 0.463. The number of carbonyl (C=O) groups is 2. The highest BCUT2D eigenvalue weighted by molar-refractivity contribution is 5.94. The predicted molar refractivity (Wildman–Crippen MR) is 96.9 cm³/mol. The number of aliphatic imine (C=N–C) groups is 1. The molecule has 0 aromatic heterocycles. The molecule has 0 spiro atoms. The first-order chi connectivity index (χ1) is 11.3. The molecule has 0 fully saturated rings. The molecule has 0 heterocycles. The fourth-order valence-electron chi connectivity index (χ4n) is 1.84. The molecule has 0 saturated carbocycles. The molecule has 0 aliphatic rings. The van der Waals surface area contributed by atoms with Gasteiger partial charge in [-0.15, -0.1) is 0 Å². The highest BCUT2D eigenvalue weighted by Gasteiger charge is 2.13. The lowest BCUT2D eigenvalue weighted by atomic mass is 10.1. The van der Waals surface area contributed by atoms with E-state index in [4.69, 9.17) is 0 Å². The summed E-state index contributed by atoms with van der Waals surface area (Å²) in [6, 6.07) is 9.18. The average Bonchev–Trinajstić information content (AvgIpc) is 2.49. The summed E-state index contributed by atoms with van der Waals surface area (Å²) in [6.45, 7) is 8.34. The third kappa shape index (κ3) is 8.77. The van der Waals surface area contributed by atoms with Crippen LogP contribution in [0.4, 0.5) is 5.69 Å². The molecule has 1 rings (SSSR count). The summed E-state index contributed by atoms with van der Waals surface area (Å²) < 4.78 is 0. The monoisotopic (exact) mass is 333 g/mol. The van der Waals surface area contributed by atoms with Crippen LogP contribution in [0.3, 0.4) is 0 Å². The van der Waals surface area contributed by atoms with E-state index < -0.39 is 0 Å². The molecule has 4 N–H and O–H groups in total. The van der Waals surface area contributed by atoms with Gasteiger partial charge in [-0.25, -0.2) is 4.99 Å². The highest BCUT2D eigenvalue weighted by Crippen LogP contribution is 2.04. The first kappa shape index (κ1) is 19.5. The third-order valence-corrected chi connectivity index (χ3v) is 2.71. The Morgan fingerprint density at radius 1 is 1.04 bits per heavy atom. The Balaban J connectivity index is 2.49. The van der Waals surface area contributed by atoms with Crippen LogP contribution in [-0.2, 0) is 9.59 Å². The van der Waals surface area contributed by atoms with Crippen LogP contribution >= 0.6 is 0 Å². The zero-order valence-corrected chi connectivity index (χ0v) is 14.8. The topological polar surface area (TPSA) is 94.6 Å². The van der Waals surface area contributed by atoms with E-state index in [2.05, 4.69) is 26.3 Å². The third-order valence-electron chi connectivity index (χ3n) is 2.71. The van der Waals surface area contributed by atoms with Crippen molar-refractivity contribution in [2.75, 3.05) is 25.0 Å². The van der Waals surface area contributed by atoms with Gasteiger partial charge in [-0.3, -0.25) is 9.59 Å². The molecule has 7 heteroatoms. The van der Waals surface area contributed by atoms with Gasteiger partial charge < -0.3 is 21.3 Å². The summed E-state index contributed by atoms with van der Waals surface area (Å²) in [5.74, 6) is 0.0594. The summed E-state index contributed by atoms with van der Waals surface area (Å²) in [6.07, 6.45) is 0. The highest BCUT2D eigenvalue weighted by atomic mass is 16.2. The van der Waals surface area contributed by atoms with Gasteiger partial charge in [0.15, 0.2) is 5.96 Å². The van der Waals surface area contributed by atoms with Crippen molar-refractivity contribution >= 4 is 23.5 Å². The van der Waals surface area contributed by atoms with Crippen molar-refractivity contribution in [2.45, 2.75) is 33.2 Å². The Morgan fingerprint density at radius 2 is 1.71 bits per heavy atom. The fourth-order valence-corrected chi connectivity index (χ4v) is 1.84. The Labute approximate surface area is 143 Å². The van der Waals surface area contributed by atoms with Crippen LogP contribution in [0.25, 0.3) is 0 Å². The minimum atomic E-state index is -0.288. The number of para-hydroxylation sites is 1. The molecule has 7 nitrogen and oxygen atoms in total. The molecule has 24 heavy (non-hydrogen) atoms. The summed E-state index contributed by atoms with van der Waals surface area (Å²) in [4.78, 5) is 27.9. The molecule has 2 amide bonds. The van der Waals surface area contributed by atoms with Crippen LogP contribution in [0.1, 0.15) is 27.7 Å². The van der Waals surface area contributed by atoms with Crippen molar-refractivity contribution in [1.29, 1.82) is 0 Å². The summed E-state index contributed by atoms with van der Waals surface area (Å²) in [5.41, 5.74) is 0.435. The van der Waals surface area contributed by atoms with Crippen molar-refractivity contribution in [1.82, 2.24) is 16.0 Å². The maximum atomic E-state index is 11.9. The molecule has 0 aliphatic carbocycles. The van der Waals surface area contributed by atoms with Crippen LogP contribution < -0.4 is 21.3 Å². The van der Waals surface area contributed by atoms with E-state index in [1.807, 2.05) is 58.0 Å². The van der Waals surface area contributed by atoms with E-state index in [0.717, 1.165) is 5.69 Å². The van der Waals surface area contributed by atoms with E-state index in [-0.39, 0.29) is 30.4 Å². The molecule has 1 aromatic carbocycles. The molecule has 0 unspecified atom stereocenters. The van der Waals surface area contributed by atoms with E-state index >= 15 is 0 Å². The molecule has 0 aliphatic heterocycles. The Morgan fingerprint density at radius 3 is 2.29 bits per heavy atom. The predicted octanol–water partition coefficient (Wildman–Crippen LogP) is 1.09. The van der Waals surface area contributed by atoms with Gasteiger partial charge >= 0.3 is 0 Å². The average molecular weight is 333 g/mol. The molecule has 0 atom stereocenters. The van der Waals surface area contributed by atoms with Crippen LogP contribution in [0.2, 0.25) is 0 Å². The van der Waals surface area contributed by atoms with Gasteiger partial charge in [-0.2, -0.15) is 0 Å². The molecule has 0 radical (unpaired) electrons. The SMILES string of the molecule is CCNC(=NCC(=O)Nc1ccccc1)NCC(=O)NC(C)(C)C. The number of hydrogen-bond acceptors (Lipinski definition) is 3. The Hall–Kier alpha value is -2.57. The number of anilines is 1. The Kier molecular flexibility index (Phi) is 7.74. The smallest absolute Gasteiger partial charge is 0.246 e. The lowest BCUT2D eigenvalue weighted by Crippen LogP contribution is -2.48. The van der Waals surface area contributed by atoms with Crippen molar-refractivity contribution in [3.63, 3.8) is 0 Å². The lowest BCUT2D eigenvalue weighted by Gasteiger charge is -2.21. The summed E-state index contributed by atoms with van der Waals surface area (Å²) >= 11 is 0. The number of nitrogens with one attached hydrogen (secondary N) is 4. The van der Waals surface area contributed by atoms with Crippen LogP contribution in [-0.4, -0.2) is 42.9 Å². The number of guanidine groups is 1. The summed E-state index contributed by atoms with van der Waals surface area (Å²) in [5, 5.41) is 11.5. The normalized spacial score (nSPS) is 11.6. The van der Waals surface area contributed by atoms with E-state index in [1.54, 1.807) is 0 Å². The second-order valence-corrected chi connectivity index (χ2v) is 6.26. The van der Waals surface area contributed by atoms with Crippen LogP contribution in [0.15, 0.2) is 35.3 Å². The van der Waals surface area contributed by atoms with E-state index in [9.17, 15) is 9.59 Å². The molecule has 132 valence electrons. The second-order valence-electron chi connectivity index (χ2n) is 6.26. The zero-order chi connectivity index (χ0) is 18.0. The number of amides is 2. The van der Waals surface area contributed by atoms with Gasteiger partial charge in [0.25, 0.3) is 0 Å². The first-order valence-electron chi connectivity index (χ1n) is 7.98. The van der Waals surface area contributed by atoms with Gasteiger partial charge in [0.05, 0.1) is 6.54 Å². The molecular weight excluding hydrogens is 306 g/mol. The Bertz CT molecular complexity index is 564. The molecular formula is C17H27N5O2. The standard InChI is InChI=1S/C17H27N5O2/c1-5-18-16(20-12-15(24)22-17(2,3)4)19-11-14(23)21-13-9-7-6-8-10-13/h6-10H,5,11-12H2,1-4H3,(H,21,23)(H,22,24)(H2,18,19,20). The number of rotatable bonds is 6. The van der Waals surface area contributed by atoms with Crippen molar-refractivity contribution in [3.05, 3.63) is 30.3 Å². The molecule has 0 saturated heterocycles. The number of hydrogen-bond donors (Lipinski definition) is 4. The minimum absolute atomic E-state index is 0.0366. The summed E-state index contributed by atoms with van der Waals surface area (Å²) in [7, 11) is 0. The van der Waals surface area contributed by atoms with Gasteiger partial charge in [-0.1, -0.05) is 18.2 Å². The molecule has 0 bridgehead atoms. The van der Waals surface area contributed by atoms with Crippen molar-refractivity contribution < 1.29 is 9.59 Å². The largest absolute Gasteiger partial charge is 0.357 e. The number of nitrogens with zero attached hydrogens (tertiary/aromatic N) is 1. The zero-order valence-electron chi connectivity index (χ0n) is 14.8. The van der Waals surface area contributed by atoms with Crippen molar-refractivity contribution in [3.8, 4) is 0 Å². The van der Waals surface area contributed by atoms with Gasteiger partial charge in [-0.05, 0) is 39.8 Å².